The third-order valence-corrected chi connectivity index (χ3v) is 3.09. The Morgan fingerprint density at radius 2 is 1.96 bits per heavy atom. The molecule has 0 fully saturated rings. The summed E-state index contributed by atoms with van der Waals surface area (Å²) in [5.74, 6) is -1.43. The number of methoxy groups -OCH3 is 1. The SMILES string of the molecule is COc1cc(-c2[nH]ncc2C(=O)O)cc(NC(=O)OC(C)(C)C)c1O. The normalized spacial score (nSPS) is 11.0. The molecule has 9 heteroatoms. The molecular weight excluding hydrogens is 330 g/mol. The van der Waals surface area contributed by atoms with Gasteiger partial charge in [0.1, 0.15) is 11.2 Å². The van der Waals surface area contributed by atoms with Crippen LogP contribution in [0.1, 0.15) is 31.1 Å². The van der Waals surface area contributed by atoms with Crippen LogP contribution in [0.15, 0.2) is 18.3 Å². The number of hydrogen-bond donors (Lipinski definition) is 4. The van der Waals surface area contributed by atoms with Crippen LogP contribution >= 0.6 is 0 Å². The third-order valence-electron chi connectivity index (χ3n) is 3.09. The van der Waals surface area contributed by atoms with E-state index >= 15 is 0 Å². The Labute approximate surface area is 143 Å². The Bertz CT molecular complexity index is 807. The van der Waals surface area contributed by atoms with Crippen LogP contribution in [0.3, 0.4) is 0 Å². The number of benzene rings is 1. The summed E-state index contributed by atoms with van der Waals surface area (Å²) in [6, 6.07) is 2.82. The summed E-state index contributed by atoms with van der Waals surface area (Å²) in [6.07, 6.45) is 0.392. The van der Waals surface area contributed by atoms with Crippen LogP contribution in [0, 0.1) is 0 Å². The highest BCUT2D eigenvalue weighted by Gasteiger charge is 2.21. The van der Waals surface area contributed by atoms with Crippen molar-refractivity contribution < 1.29 is 29.3 Å². The summed E-state index contributed by atoms with van der Waals surface area (Å²) in [6.45, 7) is 5.10. The van der Waals surface area contributed by atoms with Gasteiger partial charge in [-0.05, 0) is 32.9 Å². The number of nitrogens with one attached hydrogen (secondary N) is 2. The molecule has 0 aliphatic rings. The van der Waals surface area contributed by atoms with Gasteiger partial charge in [-0.25, -0.2) is 9.59 Å². The molecule has 1 aromatic heterocycles. The van der Waals surface area contributed by atoms with Crippen LogP contribution < -0.4 is 10.1 Å². The molecular formula is C16H19N3O6. The van der Waals surface area contributed by atoms with Crippen LogP contribution in [0.2, 0.25) is 0 Å². The van der Waals surface area contributed by atoms with Gasteiger partial charge in [0.2, 0.25) is 0 Å². The van der Waals surface area contributed by atoms with Crippen molar-refractivity contribution in [3.63, 3.8) is 0 Å². The van der Waals surface area contributed by atoms with Gasteiger partial charge >= 0.3 is 12.1 Å². The summed E-state index contributed by atoms with van der Waals surface area (Å²) in [5, 5.41) is 28.1. The summed E-state index contributed by atoms with van der Waals surface area (Å²) in [5.41, 5.74) is -0.208. The van der Waals surface area contributed by atoms with E-state index in [9.17, 15) is 19.8 Å². The predicted octanol–water partition coefficient (Wildman–Crippen LogP) is 2.84. The zero-order valence-electron chi connectivity index (χ0n) is 14.2. The average molecular weight is 349 g/mol. The quantitative estimate of drug-likeness (QED) is 0.624. The maximum absolute atomic E-state index is 12.0. The number of hydrogen-bond acceptors (Lipinski definition) is 6. The lowest BCUT2D eigenvalue weighted by Crippen LogP contribution is -2.27. The monoisotopic (exact) mass is 349 g/mol. The van der Waals surface area contributed by atoms with Crippen molar-refractivity contribution in [3.05, 3.63) is 23.9 Å². The Kier molecular flexibility index (Phi) is 4.87. The molecule has 0 spiro atoms. The number of carbonyl (C=O) groups excluding carboxylic acids is 1. The van der Waals surface area contributed by atoms with Gasteiger partial charge in [-0.15, -0.1) is 0 Å². The molecule has 1 heterocycles. The summed E-state index contributed by atoms with van der Waals surface area (Å²) < 4.78 is 10.2. The van der Waals surface area contributed by atoms with Crippen molar-refractivity contribution >= 4 is 17.7 Å². The smallest absolute Gasteiger partial charge is 0.412 e. The fourth-order valence-corrected chi connectivity index (χ4v) is 2.08. The highest BCUT2D eigenvalue weighted by atomic mass is 16.6. The van der Waals surface area contributed by atoms with Crippen molar-refractivity contribution in [2.24, 2.45) is 0 Å². The third kappa shape index (κ3) is 4.19. The van der Waals surface area contributed by atoms with E-state index in [1.54, 1.807) is 20.8 Å². The number of amides is 1. The Hall–Kier alpha value is -3.23. The second kappa shape index (κ2) is 6.71. The second-order valence-electron chi connectivity index (χ2n) is 6.17. The minimum absolute atomic E-state index is 0.00883. The molecule has 9 nitrogen and oxygen atoms in total. The van der Waals surface area contributed by atoms with Gasteiger partial charge in [-0.3, -0.25) is 10.4 Å². The summed E-state index contributed by atoms with van der Waals surface area (Å²) >= 11 is 0. The Morgan fingerprint density at radius 1 is 1.28 bits per heavy atom. The van der Waals surface area contributed by atoms with Gasteiger partial charge in [0.25, 0.3) is 0 Å². The molecule has 134 valence electrons. The molecule has 0 bridgehead atoms. The van der Waals surface area contributed by atoms with E-state index in [4.69, 9.17) is 9.47 Å². The number of rotatable bonds is 4. The van der Waals surface area contributed by atoms with E-state index in [1.807, 2.05) is 0 Å². The first-order valence-corrected chi connectivity index (χ1v) is 7.30. The zero-order chi connectivity index (χ0) is 18.8. The lowest BCUT2D eigenvalue weighted by atomic mass is 10.1. The van der Waals surface area contributed by atoms with E-state index in [1.165, 1.54) is 19.2 Å². The van der Waals surface area contributed by atoms with Gasteiger partial charge in [0.05, 0.1) is 24.7 Å². The first-order valence-electron chi connectivity index (χ1n) is 7.30. The van der Waals surface area contributed by atoms with Crippen molar-refractivity contribution in [2.45, 2.75) is 26.4 Å². The molecule has 1 aromatic carbocycles. The molecule has 2 aromatic rings. The Morgan fingerprint density at radius 3 is 2.52 bits per heavy atom. The molecule has 0 aliphatic heterocycles. The van der Waals surface area contributed by atoms with Crippen molar-refractivity contribution in [1.82, 2.24) is 10.2 Å². The summed E-state index contributed by atoms with van der Waals surface area (Å²) in [7, 11) is 1.33. The number of carbonyl (C=O) groups is 2. The summed E-state index contributed by atoms with van der Waals surface area (Å²) in [4.78, 5) is 23.2. The fourth-order valence-electron chi connectivity index (χ4n) is 2.08. The number of aromatic carboxylic acids is 1. The predicted molar refractivity (Wildman–Crippen MR) is 89.1 cm³/mol. The lowest BCUT2D eigenvalue weighted by Gasteiger charge is -2.20. The molecule has 1 amide bonds. The van der Waals surface area contributed by atoms with Crippen molar-refractivity contribution in [2.75, 3.05) is 12.4 Å². The largest absolute Gasteiger partial charge is 0.503 e. The highest BCUT2D eigenvalue weighted by Crippen LogP contribution is 2.39. The molecule has 0 saturated carbocycles. The molecule has 0 saturated heterocycles. The van der Waals surface area contributed by atoms with E-state index in [-0.39, 0.29) is 28.4 Å². The zero-order valence-corrected chi connectivity index (χ0v) is 14.2. The minimum atomic E-state index is -1.17. The van der Waals surface area contributed by atoms with Crippen LogP contribution in [0.4, 0.5) is 10.5 Å². The number of phenolic OH excluding ortho intramolecular Hbond substituents is 1. The number of carboxylic acid groups (broad SMARTS) is 1. The van der Waals surface area contributed by atoms with Crippen LogP contribution in [0.5, 0.6) is 11.5 Å². The minimum Gasteiger partial charge on any atom is -0.503 e. The number of phenols is 1. The van der Waals surface area contributed by atoms with Gasteiger partial charge in [0.15, 0.2) is 11.5 Å². The Balaban J connectivity index is 2.45. The van der Waals surface area contributed by atoms with E-state index in [0.717, 1.165) is 6.20 Å². The molecule has 0 radical (unpaired) electrons. The fraction of sp³-hybridized carbons (Fsp3) is 0.312. The molecule has 4 N–H and O–H groups in total. The number of aromatic nitrogens is 2. The number of nitrogens with zero attached hydrogens (tertiary/aromatic N) is 1. The van der Waals surface area contributed by atoms with E-state index in [0.29, 0.717) is 5.56 Å². The van der Waals surface area contributed by atoms with Crippen LogP contribution in [0.25, 0.3) is 11.3 Å². The van der Waals surface area contributed by atoms with Crippen LogP contribution in [-0.4, -0.2) is 45.2 Å². The molecule has 0 aliphatic carbocycles. The maximum atomic E-state index is 12.0. The molecule has 25 heavy (non-hydrogen) atoms. The van der Waals surface area contributed by atoms with Gasteiger partial charge in [0, 0.05) is 5.56 Å². The van der Waals surface area contributed by atoms with E-state index in [2.05, 4.69) is 15.5 Å². The van der Waals surface area contributed by atoms with Crippen molar-refractivity contribution in [1.29, 1.82) is 0 Å². The lowest BCUT2D eigenvalue weighted by molar-refractivity contribution is 0.0633. The number of anilines is 1. The molecule has 0 unspecified atom stereocenters. The highest BCUT2D eigenvalue weighted by molar-refractivity contribution is 5.96. The average Bonchev–Trinajstić information content (AvgIpc) is 2.97. The maximum Gasteiger partial charge on any atom is 0.412 e. The number of ether oxygens (including phenoxy) is 2. The van der Waals surface area contributed by atoms with Gasteiger partial charge in [-0.2, -0.15) is 5.10 Å². The standard InChI is InChI=1S/C16H19N3O6/c1-16(2,3)25-15(23)18-10-5-8(6-11(24-4)13(10)20)12-9(14(21)22)7-17-19-12/h5-7,20H,1-4H3,(H,17,19)(H,18,23)(H,21,22). The van der Waals surface area contributed by atoms with Gasteiger partial charge < -0.3 is 19.7 Å². The van der Waals surface area contributed by atoms with Crippen molar-refractivity contribution in [3.8, 4) is 22.8 Å². The number of aromatic hydroxyl groups is 1. The number of H-pyrrole nitrogens is 1. The van der Waals surface area contributed by atoms with E-state index < -0.39 is 17.7 Å². The second-order valence-corrected chi connectivity index (χ2v) is 6.17. The topological polar surface area (TPSA) is 134 Å². The molecule has 2 rings (SSSR count). The number of carboxylic acids is 1. The first-order chi connectivity index (χ1) is 11.6. The van der Waals surface area contributed by atoms with Gasteiger partial charge in [-0.1, -0.05) is 0 Å². The first kappa shape index (κ1) is 18.1. The molecule has 0 atom stereocenters. The number of aromatic amines is 1. The van der Waals surface area contributed by atoms with Crippen LogP contribution in [-0.2, 0) is 4.74 Å².